The van der Waals surface area contributed by atoms with Gasteiger partial charge in [0.05, 0.1) is 0 Å². The molecule has 0 aliphatic carbocycles. The molecule has 0 unspecified atom stereocenters. The quantitative estimate of drug-likeness (QED) is 0.839. The fraction of sp³-hybridized carbons (Fsp3) is 0.214. The first-order chi connectivity index (χ1) is 9.10. The van der Waals surface area contributed by atoms with E-state index in [1.165, 1.54) is 0 Å². The number of aromatic nitrogens is 1. The van der Waals surface area contributed by atoms with Gasteiger partial charge in [-0.05, 0) is 24.1 Å². The van der Waals surface area contributed by atoms with Crippen molar-refractivity contribution in [3.8, 4) is 0 Å². The Balaban J connectivity index is 2.19. The zero-order valence-corrected chi connectivity index (χ0v) is 10.4. The molecule has 19 heavy (non-hydrogen) atoms. The summed E-state index contributed by atoms with van der Waals surface area (Å²) in [5, 5.41) is 2.62. The summed E-state index contributed by atoms with van der Waals surface area (Å²) in [7, 11) is 0. The van der Waals surface area contributed by atoms with Gasteiger partial charge < -0.3 is 5.32 Å². The number of rotatable bonds is 4. The molecule has 0 saturated carbocycles. The van der Waals surface area contributed by atoms with Crippen LogP contribution in [0.4, 0.5) is 24.7 Å². The normalized spacial score (nSPS) is 10.5. The molecule has 0 atom stereocenters. The van der Waals surface area contributed by atoms with Gasteiger partial charge in [-0.1, -0.05) is 25.5 Å². The standard InChI is InChI=1S/C14H13F3N2/c1-2-3-9-4-6-10(7-5-9)18-14-12(16)8-11(15)13(17)19-14/h4-8H,2-3H2,1H3,(H,18,19). The lowest BCUT2D eigenvalue weighted by Crippen LogP contribution is -2.01. The summed E-state index contributed by atoms with van der Waals surface area (Å²) in [6, 6.07) is 7.74. The molecule has 1 N–H and O–H groups in total. The van der Waals surface area contributed by atoms with Gasteiger partial charge in [0.25, 0.3) is 5.95 Å². The van der Waals surface area contributed by atoms with Crippen LogP contribution in [0, 0.1) is 17.6 Å². The molecule has 0 spiro atoms. The molecule has 0 radical (unpaired) electrons. The van der Waals surface area contributed by atoms with Crippen molar-refractivity contribution in [1.29, 1.82) is 0 Å². The molecule has 1 aromatic heterocycles. The number of benzene rings is 1. The molecule has 0 amide bonds. The maximum absolute atomic E-state index is 13.4. The fourth-order valence-electron chi connectivity index (χ4n) is 1.71. The van der Waals surface area contributed by atoms with Gasteiger partial charge in [-0.25, -0.2) is 8.78 Å². The Morgan fingerprint density at radius 2 is 1.74 bits per heavy atom. The van der Waals surface area contributed by atoms with Crippen LogP contribution in [0.5, 0.6) is 0 Å². The van der Waals surface area contributed by atoms with Crippen molar-refractivity contribution < 1.29 is 13.2 Å². The summed E-state index contributed by atoms with van der Waals surface area (Å²) in [4.78, 5) is 3.20. The second-order valence-corrected chi connectivity index (χ2v) is 4.16. The Bertz CT molecular complexity index is 568. The highest BCUT2D eigenvalue weighted by Gasteiger charge is 2.11. The van der Waals surface area contributed by atoms with Crippen molar-refractivity contribution >= 4 is 11.5 Å². The van der Waals surface area contributed by atoms with Gasteiger partial charge in [-0.3, -0.25) is 0 Å². The van der Waals surface area contributed by atoms with Gasteiger partial charge in [-0.2, -0.15) is 9.37 Å². The van der Waals surface area contributed by atoms with Crippen LogP contribution in [-0.4, -0.2) is 4.98 Å². The summed E-state index contributed by atoms with van der Waals surface area (Å²) in [6.07, 6.45) is 1.99. The number of pyridine rings is 1. The van der Waals surface area contributed by atoms with Crippen LogP contribution in [-0.2, 0) is 6.42 Å². The third-order valence-corrected chi connectivity index (χ3v) is 2.64. The van der Waals surface area contributed by atoms with Gasteiger partial charge in [0.2, 0.25) is 0 Å². The first kappa shape index (κ1) is 13.4. The molecule has 0 fully saturated rings. The van der Waals surface area contributed by atoms with E-state index in [1.54, 1.807) is 12.1 Å². The van der Waals surface area contributed by atoms with E-state index in [1.807, 2.05) is 12.1 Å². The van der Waals surface area contributed by atoms with Crippen molar-refractivity contribution in [2.24, 2.45) is 0 Å². The maximum Gasteiger partial charge on any atom is 0.251 e. The Morgan fingerprint density at radius 3 is 2.37 bits per heavy atom. The van der Waals surface area contributed by atoms with Crippen LogP contribution in [0.3, 0.4) is 0 Å². The molecule has 5 heteroatoms. The largest absolute Gasteiger partial charge is 0.338 e. The fourth-order valence-corrected chi connectivity index (χ4v) is 1.71. The molecule has 0 aliphatic rings. The van der Waals surface area contributed by atoms with Crippen molar-refractivity contribution in [1.82, 2.24) is 4.98 Å². The summed E-state index contributed by atoms with van der Waals surface area (Å²) in [5.41, 5.74) is 1.73. The molecule has 2 aromatic rings. The molecule has 2 nitrogen and oxygen atoms in total. The lowest BCUT2D eigenvalue weighted by atomic mass is 10.1. The lowest BCUT2D eigenvalue weighted by molar-refractivity contribution is 0.467. The molecule has 1 aromatic carbocycles. The van der Waals surface area contributed by atoms with E-state index in [2.05, 4.69) is 17.2 Å². The van der Waals surface area contributed by atoms with Crippen LogP contribution in [0.15, 0.2) is 30.3 Å². The minimum atomic E-state index is -1.33. The predicted octanol–water partition coefficient (Wildman–Crippen LogP) is 4.20. The predicted molar refractivity (Wildman–Crippen MR) is 67.8 cm³/mol. The van der Waals surface area contributed by atoms with E-state index >= 15 is 0 Å². The van der Waals surface area contributed by atoms with Gasteiger partial charge >= 0.3 is 0 Å². The van der Waals surface area contributed by atoms with Crippen LogP contribution >= 0.6 is 0 Å². The van der Waals surface area contributed by atoms with Crippen LogP contribution in [0.25, 0.3) is 0 Å². The molecule has 100 valence electrons. The van der Waals surface area contributed by atoms with Gasteiger partial charge in [0, 0.05) is 11.8 Å². The summed E-state index contributed by atoms with van der Waals surface area (Å²) in [5.74, 6) is -3.90. The molecule has 0 saturated heterocycles. The minimum Gasteiger partial charge on any atom is -0.338 e. The third kappa shape index (κ3) is 3.24. The molecular weight excluding hydrogens is 253 g/mol. The Kier molecular flexibility index (Phi) is 4.04. The van der Waals surface area contributed by atoms with Crippen LogP contribution < -0.4 is 5.32 Å². The number of aryl methyl sites for hydroxylation is 1. The van der Waals surface area contributed by atoms with E-state index in [9.17, 15) is 13.2 Å². The molecule has 2 rings (SSSR count). The Labute approximate surface area is 109 Å². The lowest BCUT2D eigenvalue weighted by Gasteiger charge is -2.08. The molecule has 1 heterocycles. The molecular formula is C14H13F3N2. The highest BCUT2D eigenvalue weighted by atomic mass is 19.2. The second-order valence-electron chi connectivity index (χ2n) is 4.16. The first-order valence-corrected chi connectivity index (χ1v) is 5.97. The average Bonchev–Trinajstić information content (AvgIpc) is 2.38. The smallest absolute Gasteiger partial charge is 0.251 e. The van der Waals surface area contributed by atoms with E-state index in [4.69, 9.17) is 0 Å². The highest BCUT2D eigenvalue weighted by molar-refractivity contribution is 5.56. The first-order valence-electron chi connectivity index (χ1n) is 5.97. The van der Waals surface area contributed by atoms with E-state index < -0.39 is 17.6 Å². The number of nitrogens with one attached hydrogen (secondary N) is 1. The van der Waals surface area contributed by atoms with Gasteiger partial charge in [0.1, 0.15) is 0 Å². The number of halogens is 3. The topological polar surface area (TPSA) is 24.9 Å². The minimum absolute atomic E-state index is 0.331. The average molecular weight is 266 g/mol. The Hall–Kier alpha value is -2.04. The van der Waals surface area contributed by atoms with Gasteiger partial charge in [-0.15, -0.1) is 0 Å². The van der Waals surface area contributed by atoms with E-state index in [0.29, 0.717) is 11.8 Å². The highest BCUT2D eigenvalue weighted by Crippen LogP contribution is 2.20. The van der Waals surface area contributed by atoms with Crippen molar-refractivity contribution in [2.45, 2.75) is 19.8 Å². The summed E-state index contributed by atoms with van der Waals surface area (Å²) >= 11 is 0. The van der Waals surface area contributed by atoms with E-state index in [0.717, 1.165) is 18.4 Å². The Morgan fingerprint density at radius 1 is 1.05 bits per heavy atom. The zero-order chi connectivity index (χ0) is 13.8. The summed E-state index contributed by atoms with van der Waals surface area (Å²) < 4.78 is 39.0. The third-order valence-electron chi connectivity index (χ3n) is 2.64. The number of hydrogen-bond acceptors (Lipinski definition) is 2. The van der Waals surface area contributed by atoms with Crippen molar-refractivity contribution in [2.75, 3.05) is 5.32 Å². The number of anilines is 2. The van der Waals surface area contributed by atoms with Crippen LogP contribution in [0.2, 0.25) is 0 Å². The molecule has 0 aliphatic heterocycles. The van der Waals surface area contributed by atoms with E-state index in [-0.39, 0.29) is 5.82 Å². The van der Waals surface area contributed by atoms with Crippen LogP contribution in [0.1, 0.15) is 18.9 Å². The van der Waals surface area contributed by atoms with Crippen molar-refractivity contribution in [3.05, 3.63) is 53.5 Å². The maximum atomic E-state index is 13.4. The number of nitrogens with zero attached hydrogens (tertiary/aromatic N) is 1. The SMILES string of the molecule is CCCc1ccc(Nc2nc(F)c(F)cc2F)cc1. The molecule has 0 bridgehead atoms. The second kappa shape index (κ2) is 5.73. The number of hydrogen-bond donors (Lipinski definition) is 1. The van der Waals surface area contributed by atoms with Gasteiger partial charge in [0.15, 0.2) is 17.5 Å². The van der Waals surface area contributed by atoms with Crippen molar-refractivity contribution in [3.63, 3.8) is 0 Å². The summed E-state index contributed by atoms with van der Waals surface area (Å²) in [6.45, 7) is 2.08. The zero-order valence-electron chi connectivity index (χ0n) is 10.4. The monoisotopic (exact) mass is 266 g/mol.